The number of sulfonamides is 1. The number of rotatable bonds is 7. The van der Waals surface area contributed by atoms with E-state index in [0.29, 0.717) is 5.56 Å². The summed E-state index contributed by atoms with van der Waals surface area (Å²) in [6, 6.07) is 9.37. The van der Waals surface area contributed by atoms with E-state index in [0.717, 1.165) is 11.6 Å². The van der Waals surface area contributed by atoms with Crippen molar-refractivity contribution in [2.75, 3.05) is 18.1 Å². The van der Waals surface area contributed by atoms with Crippen LogP contribution in [0.3, 0.4) is 0 Å². The van der Waals surface area contributed by atoms with Gasteiger partial charge in [-0.05, 0) is 30.7 Å². The van der Waals surface area contributed by atoms with Gasteiger partial charge in [0.2, 0.25) is 10.0 Å². The fourth-order valence-corrected chi connectivity index (χ4v) is 7.90. The molecule has 0 radical (unpaired) electrons. The third kappa shape index (κ3) is 4.92. The SMILES string of the molecule is Cc1ccc(S(=O)(=O)C(CNS(=O)(=O)C2=CCS(=O)(=O)C2)c2cccnc2)cc1. The van der Waals surface area contributed by atoms with Crippen LogP contribution in [-0.2, 0) is 29.7 Å². The third-order valence-electron chi connectivity index (χ3n) is 4.51. The molecule has 1 aromatic heterocycles. The van der Waals surface area contributed by atoms with Crippen molar-refractivity contribution < 1.29 is 25.3 Å². The lowest BCUT2D eigenvalue weighted by Crippen LogP contribution is -2.33. The van der Waals surface area contributed by atoms with E-state index in [-0.39, 0.29) is 15.6 Å². The summed E-state index contributed by atoms with van der Waals surface area (Å²) in [5.74, 6) is -0.943. The normalized spacial score (nSPS) is 17.6. The molecular formula is C18H20N2O6S3. The van der Waals surface area contributed by atoms with E-state index in [1.54, 1.807) is 24.3 Å². The predicted molar refractivity (Wildman–Crippen MR) is 109 cm³/mol. The average Bonchev–Trinajstić information content (AvgIpc) is 3.03. The summed E-state index contributed by atoms with van der Waals surface area (Å²) in [6.07, 6.45) is 3.98. The Morgan fingerprint density at radius 2 is 1.79 bits per heavy atom. The number of nitrogens with one attached hydrogen (secondary N) is 1. The van der Waals surface area contributed by atoms with Crippen LogP contribution in [0, 0.1) is 6.92 Å². The smallest absolute Gasteiger partial charge is 0.237 e. The summed E-state index contributed by atoms with van der Waals surface area (Å²) in [5, 5.41) is -1.23. The molecule has 2 aromatic rings. The predicted octanol–water partition coefficient (Wildman–Crippen LogP) is 1.14. The first-order chi connectivity index (χ1) is 13.5. The number of aryl methyl sites for hydroxylation is 1. The van der Waals surface area contributed by atoms with Gasteiger partial charge in [-0.2, -0.15) is 0 Å². The summed E-state index contributed by atoms with van der Waals surface area (Å²) >= 11 is 0. The monoisotopic (exact) mass is 456 g/mol. The lowest BCUT2D eigenvalue weighted by molar-refractivity contribution is 0.570. The zero-order chi connectivity index (χ0) is 21.3. The maximum absolute atomic E-state index is 13.2. The molecule has 0 aliphatic carbocycles. The van der Waals surface area contributed by atoms with E-state index >= 15 is 0 Å². The van der Waals surface area contributed by atoms with Crippen molar-refractivity contribution >= 4 is 29.7 Å². The molecule has 1 N–H and O–H groups in total. The van der Waals surface area contributed by atoms with Crippen LogP contribution < -0.4 is 4.72 Å². The van der Waals surface area contributed by atoms with Crippen molar-refractivity contribution in [3.8, 4) is 0 Å². The Bertz CT molecular complexity index is 1230. The van der Waals surface area contributed by atoms with E-state index in [2.05, 4.69) is 9.71 Å². The largest absolute Gasteiger partial charge is 0.264 e. The van der Waals surface area contributed by atoms with Gasteiger partial charge in [0.05, 0.1) is 21.3 Å². The highest BCUT2D eigenvalue weighted by Gasteiger charge is 2.33. The number of benzene rings is 1. The van der Waals surface area contributed by atoms with Crippen LogP contribution in [-0.4, -0.2) is 48.3 Å². The second-order valence-corrected chi connectivity index (χ2v) is 12.8. The van der Waals surface area contributed by atoms with Gasteiger partial charge >= 0.3 is 0 Å². The Hall–Kier alpha value is -2.08. The van der Waals surface area contributed by atoms with Gasteiger partial charge in [-0.1, -0.05) is 29.8 Å². The van der Waals surface area contributed by atoms with Gasteiger partial charge in [-0.15, -0.1) is 0 Å². The molecule has 0 saturated heterocycles. The number of hydrogen-bond donors (Lipinski definition) is 1. The molecule has 1 aliphatic heterocycles. The third-order valence-corrected chi connectivity index (χ3v) is 9.78. The van der Waals surface area contributed by atoms with Crippen LogP contribution in [0.2, 0.25) is 0 Å². The number of nitrogens with zero attached hydrogens (tertiary/aromatic N) is 1. The van der Waals surface area contributed by atoms with Gasteiger partial charge in [-0.25, -0.2) is 30.0 Å². The molecule has 1 aliphatic rings. The Kier molecular flexibility index (Phi) is 5.95. The highest BCUT2D eigenvalue weighted by molar-refractivity contribution is 7.97. The summed E-state index contributed by atoms with van der Waals surface area (Å²) < 4.78 is 76.8. The van der Waals surface area contributed by atoms with Crippen LogP contribution in [0.25, 0.3) is 0 Å². The standard InChI is InChI=1S/C18H20N2O6S3/c1-14-4-6-16(7-5-14)28(23,24)18(15-3-2-9-19-11-15)12-20-29(25,26)17-8-10-27(21,22)13-17/h2-9,11,18,20H,10,12-13H2,1H3. The second-order valence-electron chi connectivity index (χ2n) is 6.71. The lowest BCUT2D eigenvalue weighted by atomic mass is 10.2. The van der Waals surface area contributed by atoms with E-state index < -0.39 is 47.2 Å². The summed E-state index contributed by atoms with van der Waals surface area (Å²) in [7, 11) is -11.6. The van der Waals surface area contributed by atoms with E-state index in [1.165, 1.54) is 24.5 Å². The van der Waals surface area contributed by atoms with E-state index in [1.807, 2.05) is 6.92 Å². The molecular weight excluding hydrogens is 436 g/mol. The van der Waals surface area contributed by atoms with Gasteiger partial charge in [0.15, 0.2) is 19.7 Å². The van der Waals surface area contributed by atoms with Crippen LogP contribution in [0.15, 0.2) is 64.7 Å². The van der Waals surface area contributed by atoms with Gasteiger partial charge in [0, 0.05) is 18.9 Å². The highest BCUT2D eigenvalue weighted by atomic mass is 32.2. The number of pyridine rings is 1. The van der Waals surface area contributed by atoms with Crippen molar-refractivity contribution in [2.24, 2.45) is 0 Å². The minimum absolute atomic E-state index is 0.0545. The summed E-state index contributed by atoms with van der Waals surface area (Å²) in [6.45, 7) is 1.37. The first-order valence-electron chi connectivity index (χ1n) is 8.61. The maximum Gasteiger partial charge on any atom is 0.237 e. The Balaban J connectivity index is 1.92. The zero-order valence-electron chi connectivity index (χ0n) is 15.5. The van der Waals surface area contributed by atoms with Gasteiger partial charge in [-0.3, -0.25) is 4.98 Å². The molecule has 1 aromatic carbocycles. The fourth-order valence-electron chi connectivity index (χ4n) is 2.89. The quantitative estimate of drug-likeness (QED) is 0.662. The summed E-state index contributed by atoms with van der Waals surface area (Å²) in [5.41, 5.74) is 1.21. The molecule has 0 spiro atoms. The zero-order valence-corrected chi connectivity index (χ0v) is 18.0. The highest BCUT2D eigenvalue weighted by Crippen LogP contribution is 2.29. The van der Waals surface area contributed by atoms with Crippen molar-refractivity contribution in [1.29, 1.82) is 0 Å². The average molecular weight is 457 g/mol. The minimum atomic E-state index is -4.14. The number of hydrogen-bond acceptors (Lipinski definition) is 7. The molecule has 0 saturated carbocycles. The lowest BCUT2D eigenvalue weighted by Gasteiger charge is -2.19. The minimum Gasteiger partial charge on any atom is -0.264 e. The van der Waals surface area contributed by atoms with Crippen molar-refractivity contribution in [3.05, 3.63) is 70.9 Å². The molecule has 1 unspecified atom stereocenters. The number of sulfone groups is 2. The molecule has 3 rings (SSSR count). The maximum atomic E-state index is 13.2. The van der Waals surface area contributed by atoms with Gasteiger partial charge in [0.1, 0.15) is 5.25 Å². The molecule has 0 amide bonds. The van der Waals surface area contributed by atoms with Gasteiger partial charge < -0.3 is 0 Å². The van der Waals surface area contributed by atoms with Crippen LogP contribution in [0.1, 0.15) is 16.4 Å². The van der Waals surface area contributed by atoms with Gasteiger partial charge in [0.25, 0.3) is 0 Å². The first kappa shape index (κ1) is 21.6. The van der Waals surface area contributed by atoms with Crippen molar-refractivity contribution in [2.45, 2.75) is 17.1 Å². The Labute approximate surface area is 170 Å². The molecule has 2 heterocycles. The van der Waals surface area contributed by atoms with Crippen LogP contribution >= 0.6 is 0 Å². The van der Waals surface area contributed by atoms with Crippen molar-refractivity contribution in [3.63, 3.8) is 0 Å². The first-order valence-corrected chi connectivity index (χ1v) is 13.5. The molecule has 1 atom stereocenters. The van der Waals surface area contributed by atoms with E-state index in [4.69, 9.17) is 0 Å². The Morgan fingerprint density at radius 3 is 2.34 bits per heavy atom. The molecule has 8 nitrogen and oxygen atoms in total. The van der Waals surface area contributed by atoms with Crippen LogP contribution in [0.5, 0.6) is 0 Å². The Morgan fingerprint density at radius 1 is 1.10 bits per heavy atom. The second kappa shape index (κ2) is 7.98. The molecule has 0 bridgehead atoms. The summed E-state index contributed by atoms with van der Waals surface area (Å²) in [4.78, 5) is 3.72. The topological polar surface area (TPSA) is 127 Å². The molecule has 29 heavy (non-hydrogen) atoms. The van der Waals surface area contributed by atoms with Crippen molar-refractivity contribution in [1.82, 2.24) is 9.71 Å². The fraction of sp³-hybridized carbons (Fsp3) is 0.278. The van der Waals surface area contributed by atoms with E-state index in [9.17, 15) is 25.3 Å². The molecule has 156 valence electrons. The molecule has 0 fully saturated rings. The number of aromatic nitrogens is 1. The van der Waals surface area contributed by atoms with Crippen LogP contribution in [0.4, 0.5) is 0 Å². The molecule has 11 heteroatoms.